The monoisotopic (exact) mass is 459 g/mol. The van der Waals surface area contributed by atoms with Gasteiger partial charge in [0.2, 0.25) is 17.7 Å². The Bertz CT molecular complexity index is 1260. The van der Waals surface area contributed by atoms with E-state index in [1.54, 1.807) is 25.1 Å². The molecule has 7 heteroatoms. The van der Waals surface area contributed by atoms with Crippen LogP contribution in [0, 0.1) is 0 Å². The molecule has 176 valence electrons. The van der Waals surface area contributed by atoms with E-state index < -0.39 is 5.92 Å². The Morgan fingerprint density at radius 2 is 1.82 bits per heavy atom. The van der Waals surface area contributed by atoms with Crippen molar-refractivity contribution >= 4 is 39.9 Å². The van der Waals surface area contributed by atoms with E-state index in [2.05, 4.69) is 5.32 Å². The minimum Gasteiger partial charge on any atom is -0.497 e. The number of ether oxygens (including phenoxy) is 1. The number of fused-ring (bicyclic) bond motifs is 2. The summed E-state index contributed by atoms with van der Waals surface area (Å²) in [6.07, 6.45) is 0.191. The van der Waals surface area contributed by atoms with Gasteiger partial charge in [-0.1, -0.05) is 36.4 Å². The fourth-order valence-corrected chi connectivity index (χ4v) is 4.44. The molecule has 3 aromatic carbocycles. The van der Waals surface area contributed by atoms with Crippen molar-refractivity contribution in [3.05, 3.63) is 66.2 Å². The van der Waals surface area contributed by atoms with E-state index >= 15 is 0 Å². The highest BCUT2D eigenvalue weighted by Gasteiger charge is 2.31. The second-order valence-corrected chi connectivity index (χ2v) is 8.77. The van der Waals surface area contributed by atoms with Gasteiger partial charge in [-0.15, -0.1) is 0 Å². The normalized spacial score (nSPS) is 16.3. The molecule has 0 aromatic heterocycles. The van der Waals surface area contributed by atoms with Crippen molar-refractivity contribution in [1.82, 2.24) is 4.90 Å². The van der Waals surface area contributed by atoms with Crippen LogP contribution in [-0.4, -0.2) is 49.4 Å². The highest BCUT2D eigenvalue weighted by molar-refractivity contribution is 6.05. The molecule has 2 atom stereocenters. The Morgan fingerprint density at radius 1 is 1.12 bits per heavy atom. The molecule has 4 rings (SSSR count). The number of amides is 3. The largest absolute Gasteiger partial charge is 0.497 e. The fourth-order valence-electron chi connectivity index (χ4n) is 4.44. The number of hydrogen-bond donors (Lipinski definition) is 1. The van der Waals surface area contributed by atoms with Crippen molar-refractivity contribution in [2.24, 2.45) is 0 Å². The van der Waals surface area contributed by atoms with E-state index in [4.69, 9.17) is 4.74 Å². The van der Waals surface area contributed by atoms with Crippen LogP contribution in [0.1, 0.15) is 31.7 Å². The highest BCUT2D eigenvalue weighted by Crippen LogP contribution is 2.31. The predicted octanol–water partition coefficient (Wildman–Crippen LogP) is 4.17. The quantitative estimate of drug-likeness (QED) is 0.621. The van der Waals surface area contributed by atoms with Gasteiger partial charge in [0, 0.05) is 19.5 Å². The molecule has 0 fully saturated rings. The van der Waals surface area contributed by atoms with Crippen LogP contribution >= 0.6 is 0 Å². The standard InChI is InChI=1S/C27H29N3O4/c1-17-13-25(31)28-23-7-5-6-8-24(23)30(17)26(32)16-29(3)27(33)18(2)19-9-10-21-15-22(34-4)12-11-20(21)14-19/h5-12,14-15,17-18H,13,16H2,1-4H3,(H,28,31). The molecular weight excluding hydrogens is 430 g/mol. The number of methoxy groups -OCH3 is 1. The molecule has 3 aromatic rings. The van der Waals surface area contributed by atoms with E-state index in [1.165, 1.54) is 4.90 Å². The Labute approximate surface area is 199 Å². The number of benzene rings is 3. The molecule has 1 aliphatic rings. The molecule has 7 nitrogen and oxygen atoms in total. The van der Waals surface area contributed by atoms with Gasteiger partial charge in [-0.25, -0.2) is 0 Å². The van der Waals surface area contributed by atoms with E-state index in [9.17, 15) is 14.4 Å². The van der Waals surface area contributed by atoms with Gasteiger partial charge in [0.1, 0.15) is 5.75 Å². The van der Waals surface area contributed by atoms with Crippen LogP contribution in [0.25, 0.3) is 10.8 Å². The average Bonchev–Trinajstić information content (AvgIpc) is 2.96. The summed E-state index contributed by atoms with van der Waals surface area (Å²) in [5, 5.41) is 4.90. The van der Waals surface area contributed by atoms with E-state index in [1.807, 2.05) is 68.4 Å². The van der Waals surface area contributed by atoms with Crippen LogP contribution in [0.2, 0.25) is 0 Å². The van der Waals surface area contributed by atoms with Gasteiger partial charge in [0.25, 0.3) is 0 Å². The SMILES string of the molecule is COc1ccc2cc(C(C)C(=O)N(C)CC(=O)N3c4ccccc4NC(=O)CC3C)ccc2c1. The Hall–Kier alpha value is -3.87. The van der Waals surface area contributed by atoms with Crippen molar-refractivity contribution in [1.29, 1.82) is 0 Å². The average molecular weight is 460 g/mol. The minimum absolute atomic E-state index is 0.0825. The second-order valence-electron chi connectivity index (χ2n) is 8.77. The summed E-state index contributed by atoms with van der Waals surface area (Å²) in [6, 6.07) is 18.6. The van der Waals surface area contributed by atoms with Gasteiger partial charge < -0.3 is 19.9 Å². The third-order valence-corrected chi connectivity index (χ3v) is 6.32. The first kappa shape index (κ1) is 23.3. The van der Waals surface area contributed by atoms with Crippen molar-refractivity contribution in [2.75, 3.05) is 30.9 Å². The lowest BCUT2D eigenvalue weighted by molar-refractivity contribution is -0.135. The highest BCUT2D eigenvalue weighted by atomic mass is 16.5. The number of carbonyl (C=O) groups is 3. The zero-order valence-electron chi connectivity index (χ0n) is 19.9. The molecule has 0 saturated carbocycles. The molecule has 0 aliphatic carbocycles. The number of hydrogen-bond acceptors (Lipinski definition) is 4. The van der Waals surface area contributed by atoms with Crippen LogP contribution in [0.4, 0.5) is 11.4 Å². The molecule has 0 bridgehead atoms. The molecule has 34 heavy (non-hydrogen) atoms. The summed E-state index contributed by atoms with van der Waals surface area (Å²) in [6.45, 7) is 3.61. The number of nitrogens with one attached hydrogen (secondary N) is 1. The zero-order chi connectivity index (χ0) is 24.4. The van der Waals surface area contributed by atoms with E-state index in [-0.39, 0.29) is 36.7 Å². The molecule has 1 N–H and O–H groups in total. The molecule has 1 aliphatic heterocycles. The Kier molecular flexibility index (Phi) is 6.54. The van der Waals surface area contributed by atoms with Crippen LogP contribution in [0.15, 0.2) is 60.7 Å². The smallest absolute Gasteiger partial charge is 0.246 e. The van der Waals surface area contributed by atoms with Gasteiger partial charge in [0.05, 0.1) is 30.9 Å². The van der Waals surface area contributed by atoms with Crippen LogP contribution in [0.3, 0.4) is 0 Å². The Morgan fingerprint density at radius 3 is 2.59 bits per heavy atom. The number of nitrogens with zero attached hydrogens (tertiary/aromatic N) is 2. The first-order chi connectivity index (χ1) is 16.3. The number of carbonyl (C=O) groups excluding carboxylic acids is 3. The van der Waals surface area contributed by atoms with Crippen LogP contribution < -0.4 is 15.0 Å². The number of anilines is 2. The van der Waals surface area contributed by atoms with Crippen molar-refractivity contribution in [3.8, 4) is 5.75 Å². The summed E-state index contributed by atoms with van der Waals surface area (Å²) >= 11 is 0. The summed E-state index contributed by atoms with van der Waals surface area (Å²) in [7, 11) is 3.27. The van der Waals surface area contributed by atoms with Crippen molar-refractivity contribution in [3.63, 3.8) is 0 Å². The third-order valence-electron chi connectivity index (χ3n) is 6.32. The molecule has 0 saturated heterocycles. The molecule has 0 spiro atoms. The topological polar surface area (TPSA) is 79.0 Å². The lowest BCUT2D eigenvalue weighted by Gasteiger charge is -2.30. The number of likely N-dealkylation sites (N-methyl/N-ethyl adjacent to an activating group) is 1. The van der Waals surface area contributed by atoms with Gasteiger partial charge >= 0.3 is 0 Å². The van der Waals surface area contributed by atoms with Crippen LogP contribution in [-0.2, 0) is 14.4 Å². The zero-order valence-corrected chi connectivity index (χ0v) is 19.9. The first-order valence-electron chi connectivity index (χ1n) is 11.3. The van der Waals surface area contributed by atoms with Crippen molar-refractivity contribution < 1.29 is 19.1 Å². The van der Waals surface area contributed by atoms with Gasteiger partial charge in [-0.3, -0.25) is 14.4 Å². The summed E-state index contributed by atoms with van der Waals surface area (Å²) in [4.78, 5) is 41.8. The van der Waals surface area contributed by atoms with Crippen molar-refractivity contribution in [2.45, 2.75) is 32.2 Å². The third kappa shape index (κ3) is 4.59. The van der Waals surface area contributed by atoms with Gasteiger partial charge in [-0.05, 0) is 54.4 Å². The summed E-state index contributed by atoms with van der Waals surface area (Å²) < 4.78 is 5.28. The van der Waals surface area contributed by atoms with E-state index in [0.717, 1.165) is 22.1 Å². The molecule has 3 amide bonds. The van der Waals surface area contributed by atoms with Gasteiger partial charge in [0.15, 0.2) is 0 Å². The fraction of sp³-hybridized carbons (Fsp3) is 0.296. The molecular formula is C27H29N3O4. The minimum atomic E-state index is -0.415. The molecule has 2 unspecified atom stereocenters. The maximum Gasteiger partial charge on any atom is 0.246 e. The molecule has 1 heterocycles. The maximum atomic E-state index is 13.3. The summed E-state index contributed by atoms with van der Waals surface area (Å²) in [5.74, 6) is -0.149. The molecule has 0 radical (unpaired) electrons. The lowest BCUT2D eigenvalue weighted by atomic mass is 9.96. The number of para-hydroxylation sites is 2. The lowest BCUT2D eigenvalue weighted by Crippen LogP contribution is -2.46. The first-order valence-corrected chi connectivity index (χ1v) is 11.3. The predicted molar refractivity (Wildman–Crippen MR) is 133 cm³/mol. The summed E-state index contributed by atoms with van der Waals surface area (Å²) in [5.41, 5.74) is 2.12. The number of rotatable bonds is 5. The second kappa shape index (κ2) is 9.55. The Balaban J connectivity index is 1.51. The van der Waals surface area contributed by atoms with E-state index in [0.29, 0.717) is 11.4 Å². The van der Waals surface area contributed by atoms with Crippen LogP contribution in [0.5, 0.6) is 5.75 Å². The maximum absolute atomic E-state index is 13.3. The van der Waals surface area contributed by atoms with Gasteiger partial charge in [-0.2, -0.15) is 0 Å².